The Morgan fingerprint density at radius 3 is 0.899 bits per heavy atom. The molecule has 370 valence electrons. The van der Waals surface area contributed by atoms with E-state index in [-0.39, 0.29) is 0 Å². The number of aromatic nitrogens is 3. The van der Waals surface area contributed by atoms with Gasteiger partial charge in [-0.3, -0.25) is 0 Å². The third-order valence-corrected chi connectivity index (χ3v) is 15.2. The number of rotatable bonds is 11. The second kappa shape index (κ2) is 20.6. The van der Waals surface area contributed by atoms with Gasteiger partial charge in [0.2, 0.25) is 0 Å². The van der Waals surface area contributed by atoms with Crippen LogP contribution in [0.5, 0.6) is 0 Å². The van der Waals surface area contributed by atoms with Gasteiger partial charge >= 0.3 is 0 Å². The molecule has 2 aromatic heterocycles. The molecule has 0 aliphatic heterocycles. The Labute approximate surface area is 460 Å². The highest BCUT2D eigenvalue weighted by Gasteiger charge is 2.26. The monoisotopic (exact) mass is 1010 g/mol. The van der Waals surface area contributed by atoms with Crippen LogP contribution < -0.4 is 0 Å². The predicted octanol–water partition coefficient (Wildman–Crippen LogP) is 20.2. The highest BCUT2D eigenvalue weighted by Crippen LogP contribution is 2.48. The number of benzene rings is 12. The SMILES string of the molecule is c1ccc(-c2ccc(-c3nc(-c4cc(-c5ccccc5)cc(-c5ccccc5)c4)cc(-c4cc(-c5ccccc5)c(-n5c6c(-c7ccccc7)cccc6c6cccc(-c7ccccc7)c65)c(-c5ccccc5)c4)n3)cc2)cc1. The van der Waals surface area contributed by atoms with Crippen molar-refractivity contribution in [3.63, 3.8) is 0 Å². The number of hydrogen-bond donors (Lipinski definition) is 0. The van der Waals surface area contributed by atoms with Crippen molar-refractivity contribution in [2.45, 2.75) is 0 Å². The summed E-state index contributed by atoms with van der Waals surface area (Å²) in [6.07, 6.45) is 0. The van der Waals surface area contributed by atoms with Gasteiger partial charge < -0.3 is 4.57 Å². The number of nitrogens with zero attached hydrogens (tertiary/aromatic N) is 3. The van der Waals surface area contributed by atoms with Gasteiger partial charge in [-0.25, -0.2) is 9.97 Å². The number of hydrogen-bond acceptors (Lipinski definition) is 2. The fraction of sp³-hybridized carbons (Fsp3) is 0. The first-order chi connectivity index (χ1) is 39.2. The fourth-order valence-electron chi connectivity index (χ4n) is 11.4. The summed E-state index contributed by atoms with van der Waals surface area (Å²) in [6, 6.07) is 111. The summed E-state index contributed by atoms with van der Waals surface area (Å²) >= 11 is 0. The maximum absolute atomic E-state index is 5.61. The Kier molecular flexibility index (Phi) is 12.2. The molecule has 0 amide bonds. The molecule has 0 aliphatic carbocycles. The van der Waals surface area contributed by atoms with Crippen LogP contribution in [0.2, 0.25) is 0 Å². The molecule has 0 spiro atoms. The second-order valence-corrected chi connectivity index (χ2v) is 20.1. The maximum Gasteiger partial charge on any atom is 0.160 e. The van der Waals surface area contributed by atoms with Crippen molar-refractivity contribution in [3.05, 3.63) is 309 Å². The molecular formula is C76H51N3. The highest BCUT2D eigenvalue weighted by atomic mass is 15.0. The van der Waals surface area contributed by atoms with E-state index >= 15 is 0 Å². The average Bonchev–Trinajstić information content (AvgIpc) is 3.99. The molecule has 0 bridgehead atoms. The molecule has 14 rings (SSSR count). The van der Waals surface area contributed by atoms with Crippen molar-refractivity contribution < 1.29 is 0 Å². The summed E-state index contributed by atoms with van der Waals surface area (Å²) in [7, 11) is 0. The smallest absolute Gasteiger partial charge is 0.160 e. The first-order valence-corrected chi connectivity index (χ1v) is 27.0. The predicted molar refractivity (Wildman–Crippen MR) is 331 cm³/mol. The van der Waals surface area contributed by atoms with Crippen LogP contribution in [0.25, 0.3) is 139 Å². The van der Waals surface area contributed by atoms with Crippen molar-refractivity contribution in [1.82, 2.24) is 14.5 Å². The van der Waals surface area contributed by atoms with Gasteiger partial charge in [0.15, 0.2) is 5.82 Å². The summed E-state index contributed by atoms with van der Waals surface area (Å²) in [5.74, 6) is 0.646. The molecule has 79 heavy (non-hydrogen) atoms. The van der Waals surface area contributed by atoms with Crippen LogP contribution in [-0.4, -0.2) is 14.5 Å². The molecular weight excluding hydrogens is 955 g/mol. The average molecular weight is 1010 g/mol. The fourth-order valence-corrected chi connectivity index (χ4v) is 11.4. The molecule has 2 heterocycles. The van der Waals surface area contributed by atoms with E-state index < -0.39 is 0 Å². The van der Waals surface area contributed by atoms with Gasteiger partial charge in [0.05, 0.1) is 28.1 Å². The van der Waals surface area contributed by atoms with Gasteiger partial charge in [0.25, 0.3) is 0 Å². The minimum absolute atomic E-state index is 0.646. The van der Waals surface area contributed by atoms with Crippen LogP contribution >= 0.6 is 0 Å². The zero-order valence-corrected chi connectivity index (χ0v) is 43.3. The highest BCUT2D eigenvalue weighted by molar-refractivity contribution is 6.18. The lowest BCUT2D eigenvalue weighted by atomic mass is 9.91. The van der Waals surface area contributed by atoms with Gasteiger partial charge in [0, 0.05) is 49.7 Å². The number of fused-ring (bicyclic) bond motifs is 3. The van der Waals surface area contributed by atoms with Gasteiger partial charge in [-0.15, -0.1) is 0 Å². The van der Waals surface area contributed by atoms with E-state index in [1.165, 1.54) is 10.8 Å². The quantitative estimate of drug-likeness (QED) is 0.129. The lowest BCUT2D eigenvalue weighted by molar-refractivity contribution is 1.17. The molecule has 0 aliphatic rings. The lowest BCUT2D eigenvalue weighted by Gasteiger charge is -2.23. The molecule has 0 unspecified atom stereocenters. The van der Waals surface area contributed by atoms with Crippen molar-refractivity contribution in [2.75, 3.05) is 0 Å². The Morgan fingerprint density at radius 1 is 0.203 bits per heavy atom. The molecule has 12 aromatic carbocycles. The third kappa shape index (κ3) is 8.99. The zero-order chi connectivity index (χ0) is 52.5. The summed E-state index contributed by atoms with van der Waals surface area (Å²) < 4.78 is 2.58. The molecule has 0 atom stereocenters. The van der Waals surface area contributed by atoms with Crippen molar-refractivity contribution >= 4 is 21.8 Å². The summed E-state index contributed by atoms with van der Waals surface area (Å²) in [5.41, 5.74) is 23.7. The minimum atomic E-state index is 0.646. The summed E-state index contributed by atoms with van der Waals surface area (Å²) in [5, 5.41) is 2.37. The van der Waals surface area contributed by atoms with Gasteiger partial charge in [-0.05, 0) is 92.0 Å². The van der Waals surface area contributed by atoms with E-state index in [2.05, 4.69) is 314 Å². The first kappa shape index (κ1) is 47.0. The van der Waals surface area contributed by atoms with Crippen molar-refractivity contribution in [1.29, 1.82) is 0 Å². The summed E-state index contributed by atoms with van der Waals surface area (Å²) in [4.78, 5) is 11.1. The molecule has 14 aromatic rings. The van der Waals surface area contributed by atoms with Crippen LogP contribution in [0.15, 0.2) is 309 Å². The van der Waals surface area contributed by atoms with E-state index in [9.17, 15) is 0 Å². The van der Waals surface area contributed by atoms with E-state index in [4.69, 9.17) is 9.97 Å². The third-order valence-electron chi connectivity index (χ3n) is 15.2. The Hall–Kier alpha value is -10.5. The van der Waals surface area contributed by atoms with E-state index in [1.807, 2.05) is 0 Å². The molecule has 0 radical (unpaired) electrons. The summed E-state index contributed by atoms with van der Waals surface area (Å²) in [6.45, 7) is 0. The Bertz CT molecular complexity index is 4250. The molecule has 0 saturated carbocycles. The van der Waals surface area contributed by atoms with Crippen LogP contribution in [0.1, 0.15) is 0 Å². The van der Waals surface area contributed by atoms with Crippen LogP contribution in [0.4, 0.5) is 0 Å². The molecule has 0 saturated heterocycles. The van der Waals surface area contributed by atoms with Crippen LogP contribution in [-0.2, 0) is 0 Å². The largest absolute Gasteiger partial charge is 0.307 e. The van der Waals surface area contributed by atoms with Crippen molar-refractivity contribution in [2.24, 2.45) is 0 Å². The van der Waals surface area contributed by atoms with Gasteiger partial charge in [-0.2, -0.15) is 0 Å². The normalized spacial score (nSPS) is 11.3. The Balaban J connectivity index is 1.08. The molecule has 3 nitrogen and oxygen atoms in total. The topological polar surface area (TPSA) is 30.7 Å². The first-order valence-electron chi connectivity index (χ1n) is 27.0. The molecule has 0 N–H and O–H groups in total. The second-order valence-electron chi connectivity index (χ2n) is 20.1. The van der Waals surface area contributed by atoms with Gasteiger partial charge in [0.1, 0.15) is 0 Å². The Morgan fingerprint density at radius 2 is 0.506 bits per heavy atom. The van der Waals surface area contributed by atoms with Crippen molar-refractivity contribution in [3.8, 4) is 117 Å². The number of para-hydroxylation sites is 2. The standard InChI is InChI=1S/C76H51N3/c1-8-24-52(25-9-1)55-42-44-60(45-43-55)76-77-71(63-47-61(53-26-10-2-11-27-53)46-62(48-63)54-28-12-3-13-29-54)51-72(78-76)64-49-69(58-34-18-6-19-35-58)75(70(50-64)59-36-20-7-21-37-59)79-73-65(56-30-14-4-15-31-56)38-22-40-67(73)68-41-23-39-66(74(68)79)57-32-16-5-17-33-57/h1-51H. The molecule has 3 heteroatoms. The minimum Gasteiger partial charge on any atom is -0.307 e. The van der Waals surface area contributed by atoms with Gasteiger partial charge in [-0.1, -0.05) is 273 Å². The van der Waals surface area contributed by atoms with E-state index in [0.29, 0.717) is 5.82 Å². The maximum atomic E-state index is 5.61. The van der Waals surface area contributed by atoms with Crippen LogP contribution in [0.3, 0.4) is 0 Å². The van der Waals surface area contributed by atoms with Crippen LogP contribution in [0, 0.1) is 0 Å². The zero-order valence-electron chi connectivity index (χ0n) is 43.3. The van der Waals surface area contributed by atoms with E-state index in [0.717, 1.165) is 123 Å². The van der Waals surface area contributed by atoms with E-state index in [1.54, 1.807) is 0 Å². The lowest BCUT2D eigenvalue weighted by Crippen LogP contribution is -2.04. The molecule has 0 fully saturated rings.